The molecular weight excluding hydrogens is 176 g/mol. The molecule has 4 nitrogen and oxygen atoms in total. The molecule has 0 amide bonds. The Bertz CT molecular complexity index is 375. The fourth-order valence-corrected chi connectivity index (χ4v) is 0.857. The van der Waals surface area contributed by atoms with Crippen LogP contribution in [0.15, 0.2) is 34.7 Å². The van der Waals surface area contributed by atoms with Gasteiger partial charge in [0.2, 0.25) is 0 Å². The van der Waals surface area contributed by atoms with Crippen molar-refractivity contribution in [3.05, 3.63) is 35.4 Å². The van der Waals surface area contributed by atoms with Gasteiger partial charge >= 0.3 is 0 Å². The number of rotatable bonds is 2. The highest BCUT2D eigenvalue weighted by Crippen LogP contribution is 2.10. The fourth-order valence-electron chi connectivity index (χ4n) is 0.857. The topological polar surface area (TPSA) is 77.3 Å². The Morgan fingerprint density at radius 1 is 1.50 bits per heavy atom. The number of hydrogen-bond donors (Lipinski definition) is 2. The minimum Gasteiger partial charge on any atom is -0.401 e. The van der Waals surface area contributed by atoms with Gasteiger partial charge in [-0.15, -0.1) is 0 Å². The zero-order valence-corrected chi connectivity index (χ0v) is 8.36. The van der Waals surface area contributed by atoms with E-state index in [2.05, 4.69) is 9.98 Å². The first-order valence-corrected chi connectivity index (χ1v) is 4.28. The largest absolute Gasteiger partial charge is 0.401 e. The summed E-state index contributed by atoms with van der Waals surface area (Å²) in [6, 6.07) is 3.68. The number of aryl methyl sites for hydroxylation is 1. The van der Waals surface area contributed by atoms with Crippen molar-refractivity contribution in [1.29, 1.82) is 0 Å². The quantitative estimate of drug-likeness (QED) is 0.689. The highest BCUT2D eigenvalue weighted by atomic mass is 14.8. The van der Waals surface area contributed by atoms with Gasteiger partial charge in [-0.3, -0.25) is 9.98 Å². The van der Waals surface area contributed by atoms with Crippen molar-refractivity contribution in [3.8, 4) is 0 Å². The second kappa shape index (κ2) is 4.41. The van der Waals surface area contributed by atoms with E-state index >= 15 is 0 Å². The fraction of sp³-hybridized carbons (Fsp3) is 0.200. The molecule has 0 aliphatic carbocycles. The average Bonchev–Trinajstić information content (AvgIpc) is 2.14. The van der Waals surface area contributed by atoms with Crippen LogP contribution in [0.25, 0.3) is 0 Å². The summed E-state index contributed by atoms with van der Waals surface area (Å²) in [5.41, 5.74) is 13.9. The van der Waals surface area contributed by atoms with Crippen LogP contribution in [0.1, 0.15) is 12.6 Å². The first-order chi connectivity index (χ1) is 6.59. The molecule has 1 aromatic rings. The van der Waals surface area contributed by atoms with Gasteiger partial charge in [-0.05, 0) is 26.0 Å². The highest BCUT2D eigenvalue weighted by molar-refractivity contribution is 5.80. The van der Waals surface area contributed by atoms with E-state index in [-0.39, 0.29) is 0 Å². The number of nitrogens with two attached hydrogens (primary N) is 2. The Morgan fingerprint density at radius 3 is 2.79 bits per heavy atom. The van der Waals surface area contributed by atoms with Crippen molar-refractivity contribution >= 4 is 11.9 Å². The number of hydrogen-bond acceptors (Lipinski definition) is 4. The molecule has 4 heteroatoms. The molecule has 0 bridgehead atoms. The number of pyridine rings is 1. The second-order valence-corrected chi connectivity index (χ2v) is 3.05. The van der Waals surface area contributed by atoms with Crippen molar-refractivity contribution in [2.24, 2.45) is 16.5 Å². The number of allylic oxidation sites excluding steroid dienone is 2. The molecule has 0 atom stereocenters. The van der Waals surface area contributed by atoms with E-state index in [9.17, 15) is 0 Å². The first-order valence-electron chi connectivity index (χ1n) is 4.28. The summed E-state index contributed by atoms with van der Waals surface area (Å²) in [7, 11) is 0. The zero-order valence-electron chi connectivity index (χ0n) is 8.36. The molecule has 0 aliphatic rings. The monoisotopic (exact) mass is 190 g/mol. The minimum absolute atomic E-state index is 0.486. The van der Waals surface area contributed by atoms with Gasteiger partial charge in [0.05, 0.1) is 17.6 Å². The Morgan fingerprint density at radius 2 is 2.21 bits per heavy atom. The van der Waals surface area contributed by atoms with Gasteiger partial charge in [0.1, 0.15) is 0 Å². The Balaban J connectivity index is 2.84. The summed E-state index contributed by atoms with van der Waals surface area (Å²) in [5, 5.41) is 0. The summed E-state index contributed by atoms with van der Waals surface area (Å²) in [4.78, 5) is 8.22. The predicted octanol–water partition coefficient (Wildman–Crippen LogP) is 1.24. The number of nitrogens with zero attached hydrogens (tertiary/aromatic N) is 2. The minimum atomic E-state index is 0.486. The number of aromatic nitrogens is 1. The Hall–Kier alpha value is -1.84. The molecule has 0 fully saturated rings. The van der Waals surface area contributed by atoms with Gasteiger partial charge in [0.15, 0.2) is 0 Å². The molecule has 1 heterocycles. The van der Waals surface area contributed by atoms with Gasteiger partial charge in [-0.1, -0.05) is 0 Å². The Kier molecular flexibility index (Phi) is 3.23. The van der Waals surface area contributed by atoms with Gasteiger partial charge in [0, 0.05) is 17.6 Å². The lowest BCUT2D eigenvalue weighted by atomic mass is 10.3. The molecule has 0 saturated heterocycles. The van der Waals surface area contributed by atoms with Crippen LogP contribution in [0.5, 0.6) is 0 Å². The van der Waals surface area contributed by atoms with Crippen LogP contribution in [0.2, 0.25) is 0 Å². The standard InChI is InChI=1S/C10H14N4/c1-7-5-9(3-4-13-7)14-6-10(12)8(2)11/h3-6H,11-12H2,1-2H3. The van der Waals surface area contributed by atoms with Gasteiger partial charge in [0.25, 0.3) is 0 Å². The highest BCUT2D eigenvalue weighted by Gasteiger charge is 1.91. The molecule has 1 aromatic heterocycles. The van der Waals surface area contributed by atoms with Crippen LogP contribution in [0.4, 0.5) is 5.69 Å². The maximum atomic E-state index is 5.59. The second-order valence-electron chi connectivity index (χ2n) is 3.05. The molecule has 0 aliphatic heterocycles. The summed E-state index contributed by atoms with van der Waals surface area (Å²) in [6.07, 6.45) is 3.25. The van der Waals surface area contributed by atoms with Crippen LogP contribution in [-0.2, 0) is 0 Å². The van der Waals surface area contributed by atoms with Crippen molar-refractivity contribution in [3.63, 3.8) is 0 Å². The maximum absolute atomic E-state index is 5.59. The maximum Gasteiger partial charge on any atom is 0.0688 e. The lowest BCUT2D eigenvalue weighted by Gasteiger charge is -1.96. The molecule has 74 valence electrons. The molecule has 0 unspecified atom stereocenters. The van der Waals surface area contributed by atoms with E-state index in [1.54, 1.807) is 19.3 Å². The molecule has 14 heavy (non-hydrogen) atoms. The van der Waals surface area contributed by atoms with E-state index < -0.39 is 0 Å². The molecule has 4 N–H and O–H groups in total. The number of aliphatic imine (C=N–C) groups is 1. The third-order valence-corrected chi connectivity index (χ3v) is 1.69. The van der Waals surface area contributed by atoms with Crippen LogP contribution in [-0.4, -0.2) is 11.2 Å². The lowest BCUT2D eigenvalue weighted by Crippen LogP contribution is -2.07. The van der Waals surface area contributed by atoms with Gasteiger partial charge in [-0.2, -0.15) is 0 Å². The van der Waals surface area contributed by atoms with Crippen LogP contribution in [0.3, 0.4) is 0 Å². The summed E-state index contributed by atoms with van der Waals surface area (Å²) >= 11 is 0. The summed E-state index contributed by atoms with van der Waals surface area (Å²) in [5.74, 6) is 0. The first kappa shape index (κ1) is 10.2. The van der Waals surface area contributed by atoms with Crippen molar-refractivity contribution in [2.75, 3.05) is 0 Å². The van der Waals surface area contributed by atoms with Crippen molar-refractivity contribution in [1.82, 2.24) is 4.98 Å². The third kappa shape index (κ3) is 2.90. The van der Waals surface area contributed by atoms with Crippen molar-refractivity contribution < 1.29 is 0 Å². The zero-order chi connectivity index (χ0) is 10.6. The van der Waals surface area contributed by atoms with E-state index in [0.717, 1.165) is 11.4 Å². The summed E-state index contributed by atoms with van der Waals surface area (Å²) in [6.45, 7) is 3.64. The van der Waals surface area contributed by atoms with E-state index in [1.165, 1.54) is 0 Å². The van der Waals surface area contributed by atoms with E-state index in [1.807, 2.05) is 19.1 Å². The van der Waals surface area contributed by atoms with Crippen LogP contribution in [0, 0.1) is 6.92 Å². The Labute approximate surface area is 83.4 Å². The summed E-state index contributed by atoms with van der Waals surface area (Å²) < 4.78 is 0. The molecule has 1 rings (SSSR count). The molecule has 0 spiro atoms. The lowest BCUT2D eigenvalue weighted by molar-refractivity contribution is 1.19. The van der Waals surface area contributed by atoms with Crippen molar-refractivity contribution in [2.45, 2.75) is 13.8 Å². The molecule has 0 radical (unpaired) electrons. The van der Waals surface area contributed by atoms with E-state index in [4.69, 9.17) is 11.5 Å². The van der Waals surface area contributed by atoms with E-state index in [0.29, 0.717) is 11.4 Å². The molecular formula is C10H14N4. The molecule has 0 aromatic carbocycles. The predicted molar refractivity (Wildman–Crippen MR) is 58.2 cm³/mol. The molecule has 0 saturated carbocycles. The van der Waals surface area contributed by atoms with Crippen LogP contribution < -0.4 is 11.5 Å². The SMILES string of the molecule is CC(N)=C(N)C=Nc1ccnc(C)c1. The van der Waals surface area contributed by atoms with Gasteiger partial charge in [-0.25, -0.2) is 0 Å². The third-order valence-electron chi connectivity index (χ3n) is 1.69. The average molecular weight is 190 g/mol. The van der Waals surface area contributed by atoms with Gasteiger partial charge < -0.3 is 11.5 Å². The van der Waals surface area contributed by atoms with Crippen LogP contribution >= 0.6 is 0 Å². The smallest absolute Gasteiger partial charge is 0.0688 e. The normalized spacial score (nSPS) is 13.0.